The van der Waals surface area contributed by atoms with Crippen molar-refractivity contribution in [2.24, 2.45) is 0 Å². The van der Waals surface area contributed by atoms with E-state index in [4.69, 9.17) is 0 Å². The number of hydrogen-bond acceptors (Lipinski definition) is 5. The van der Waals surface area contributed by atoms with Crippen molar-refractivity contribution in [3.8, 4) is 0 Å². The molecule has 0 spiro atoms. The van der Waals surface area contributed by atoms with Gasteiger partial charge in [0.25, 0.3) is 11.3 Å². The number of nitrogens with zero attached hydrogens (tertiary/aromatic N) is 2. The summed E-state index contributed by atoms with van der Waals surface area (Å²) in [4.78, 5) is 30.7. The Balaban J connectivity index is 1.49. The van der Waals surface area contributed by atoms with Crippen molar-refractivity contribution in [3.05, 3.63) is 58.9 Å². The van der Waals surface area contributed by atoms with E-state index in [0.717, 1.165) is 25.7 Å². The minimum Gasteiger partial charge on any atom is -0.325 e. The minimum atomic E-state index is -2.48. The molecule has 1 aliphatic rings. The Hall–Kier alpha value is -2.39. The summed E-state index contributed by atoms with van der Waals surface area (Å²) in [5.41, 5.74) is 1.09. The molecule has 1 fully saturated rings. The Kier molecular flexibility index (Phi) is 6.92. The summed E-state index contributed by atoms with van der Waals surface area (Å²) in [5.74, 6) is -2.64. The third-order valence-electron chi connectivity index (χ3n) is 5.16. The number of amides is 1. The Morgan fingerprint density at radius 3 is 2.55 bits per heavy atom. The number of hydrogen-bond donors (Lipinski definition) is 1. The predicted octanol–water partition coefficient (Wildman–Crippen LogP) is 5.56. The standard InChI is InChI=1S/C22H21F2N3O2S2/c23-21(24)31-16-11-9-14(10-12-16)25-19(28)13-30-22-26-18-8-4-3-7-17(18)20(29)27(22)15-5-1-2-6-15/h3-4,7-12,15,21H,1-2,5-6,13H2,(H,25,28). The maximum absolute atomic E-state index is 13.1. The minimum absolute atomic E-state index is 0.0625. The lowest BCUT2D eigenvalue weighted by molar-refractivity contribution is -0.113. The number of halogens is 2. The molecule has 162 valence electrons. The molecule has 1 heterocycles. The molecule has 4 rings (SSSR count). The summed E-state index contributed by atoms with van der Waals surface area (Å²) >= 11 is 1.70. The van der Waals surface area contributed by atoms with E-state index in [1.54, 1.807) is 41.0 Å². The lowest BCUT2D eigenvalue weighted by Gasteiger charge is -2.18. The Bertz CT molecular complexity index is 1130. The number of carbonyl (C=O) groups excluding carboxylic acids is 1. The number of para-hydroxylation sites is 1. The number of rotatable bonds is 7. The van der Waals surface area contributed by atoms with Crippen LogP contribution >= 0.6 is 23.5 Å². The van der Waals surface area contributed by atoms with Crippen molar-refractivity contribution < 1.29 is 13.6 Å². The van der Waals surface area contributed by atoms with Crippen LogP contribution in [0.3, 0.4) is 0 Å². The van der Waals surface area contributed by atoms with Gasteiger partial charge in [-0.2, -0.15) is 8.78 Å². The van der Waals surface area contributed by atoms with Crippen molar-refractivity contribution in [1.29, 1.82) is 0 Å². The van der Waals surface area contributed by atoms with E-state index in [1.807, 2.05) is 12.1 Å². The number of nitrogens with one attached hydrogen (secondary N) is 1. The van der Waals surface area contributed by atoms with E-state index in [0.29, 0.717) is 38.4 Å². The second-order valence-electron chi connectivity index (χ2n) is 7.26. The summed E-state index contributed by atoms with van der Waals surface area (Å²) in [7, 11) is 0. The van der Waals surface area contributed by atoms with Gasteiger partial charge in [-0.05, 0) is 49.2 Å². The summed E-state index contributed by atoms with van der Waals surface area (Å²) in [6, 6.07) is 13.6. The van der Waals surface area contributed by atoms with Gasteiger partial charge in [0.05, 0.1) is 16.7 Å². The smallest absolute Gasteiger partial charge is 0.288 e. The second-order valence-corrected chi connectivity index (χ2v) is 9.27. The highest BCUT2D eigenvalue weighted by molar-refractivity contribution is 8.00. The van der Waals surface area contributed by atoms with Gasteiger partial charge in [0.1, 0.15) is 0 Å². The summed E-state index contributed by atoms with van der Waals surface area (Å²) in [5, 5.41) is 3.90. The molecule has 31 heavy (non-hydrogen) atoms. The van der Waals surface area contributed by atoms with Crippen LogP contribution in [0.2, 0.25) is 0 Å². The van der Waals surface area contributed by atoms with Gasteiger partial charge in [-0.3, -0.25) is 14.2 Å². The first-order chi connectivity index (χ1) is 15.0. The molecule has 3 aromatic rings. The molecule has 0 radical (unpaired) electrons. The molecule has 1 N–H and O–H groups in total. The molecular formula is C22H21F2N3O2S2. The van der Waals surface area contributed by atoms with E-state index in [2.05, 4.69) is 10.3 Å². The van der Waals surface area contributed by atoms with E-state index in [-0.39, 0.29) is 23.3 Å². The summed E-state index contributed by atoms with van der Waals surface area (Å²) < 4.78 is 26.6. The zero-order valence-corrected chi connectivity index (χ0v) is 18.2. The van der Waals surface area contributed by atoms with Gasteiger partial charge in [-0.15, -0.1) is 0 Å². The Morgan fingerprint density at radius 2 is 1.84 bits per heavy atom. The molecule has 0 aliphatic heterocycles. The van der Waals surface area contributed by atoms with Crippen LogP contribution in [0.1, 0.15) is 31.7 Å². The van der Waals surface area contributed by atoms with Gasteiger partial charge in [0.15, 0.2) is 5.16 Å². The Labute approximate surface area is 186 Å². The van der Waals surface area contributed by atoms with E-state index < -0.39 is 5.76 Å². The highest BCUT2D eigenvalue weighted by Gasteiger charge is 2.23. The van der Waals surface area contributed by atoms with Crippen molar-refractivity contribution in [3.63, 3.8) is 0 Å². The molecule has 9 heteroatoms. The molecule has 0 unspecified atom stereocenters. The fourth-order valence-corrected chi connectivity index (χ4v) is 5.12. The van der Waals surface area contributed by atoms with Crippen molar-refractivity contribution >= 4 is 46.0 Å². The highest BCUT2D eigenvalue weighted by Crippen LogP contribution is 2.32. The second kappa shape index (κ2) is 9.82. The van der Waals surface area contributed by atoms with Gasteiger partial charge in [-0.25, -0.2) is 4.98 Å². The number of fused-ring (bicyclic) bond motifs is 1. The Morgan fingerprint density at radius 1 is 1.13 bits per heavy atom. The average molecular weight is 462 g/mol. The van der Waals surface area contributed by atoms with Crippen LogP contribution < -0.4 is 10.9 Å². The number of thioether (sulfide) groups is 2. The lowest BCUT2D eigenvalue weighted by Crippen LogP contribution is -2.27. The maximum Gasteiger partial charge on any atom is 0.288 e. The molecule has 0 bridgehead atoms. The topological polar surface area (TPSA) is 64.0 Å². The van der Waals surface area contributed by atoms with Gasteiger partial charge < -0.3 is 5.32 Å². The van der Waals surface area contributed by atoms with Crippen LogP contribution in [0.25, 0.3) is 10.9 Å². The van der Waals surface area contributed by atoms with Gasteiger partial charge >= 0.3 is 0 Å². The van der Waals surface area contributed by atoms with Gasteiger partial charge in [0, 0.05) is 16.6 Å². The third-order valence-corrected chi connectivity index (χ3v) is 6.84. The zero-order valence-electron chi connectivity index (χ0n) is 16.6. The zero-order chi connectivity index (χ0) is 21.8. The molecule has 1 aliphatic carbocycles. The molecule has 1 amide bonds. The van der Waals surface area contributed by atoms with Crippen LogP contribution in [0.15, 0.2) is 63.4 Å². The maximum atomic E-state index is 13.1. The van der Waals surface area contributed by atoms with Gasteiger partial charge in [0.2, 0.25) is 5.91 Å². The number of carbonyl (C=O) groups is 1. The number of benzene rings is 2. The van der Waals surface area contributed by atoms with Crippen LogP contribution in [0, 0.1) is 0 Å². The fraction of sp³-hybridized carbons (Fsp3) is 0.318. The van der Waals surface area contributed by atoms with E-state index in [9.17, 15) is 18.4 Å². The highest BCUT2D eigenvalue weighted by atomic mass is 32.2. The summed E-state index contributed by atoms with van der Waals surface area (Å²) in [6.07, 6.45) is 4.02. The molecule has 0 atom stereocenters. The van der Waals surface area contributed by atoms with Crippen LogP contribution in [0.5, 0.6) is 0 Å². The molecule has 2 aromatic carbocycles. The lowest BCUT2D eigenvalue weighted by atomic mass is 10.2. The number of aromatic nitrogens is 2. The largest absolute Gasteiger partial charge is 0.325 e. The molecule has 1 saturated carbocycles. The van der Waals surface area contributed by atoms with Crippen molar-refractivity contribution in [1.82, 2.24) is 9.55 Å². The first kappa shape index (κ1) is 21.8. The normalized spacial score (nSPS) is 14.4. The van der Waals surface area contributed by atoms with Crippen molar-refractivity contribution in [2.75, 3.05) is 11.1 Å². The first-order valence-electron chi connectivity index (χ1n) is 10.00. The van der Waals surface area contributed by atoms with Crippen molar-refractivity contribution in [2.45, 2.75) is 47.5 Å². The first-order valence-corrected chi connectivity index (χ1v) is 11.9. The van der Waals surface area contributed by atoms with Crippen LogP contribution in [-0.2, 0) is 4.79 Å². The average Bonchev–Trinajstić information content (AvgIpc) is 3.28. The van der Waals surface area contributed by atoms with Crippen LogP contribution in [0.4, 0.5) is 14.5 Å². The predicted molar refractivity (Wildman–Crippen MR) is 121 cm³/mol. The quantitative estimate of drug-likeness (QED) is 0.369. The fourth-order valence-electron chi connectivity index (χ4n) is 3.76. The monoisotopic (exact) mass is 461 g/mol. The molecule has 0 saturated heterocycles. The molecular weight excluding hydrogens is 440 g/mol. The molecule has 5 nitrogen and oxygen atoms in total. The number of anilines is 1. The summed E-state index contributed by atoms with van der Waals surface area (Å²) in [6.45, 7) is 0. The third kappa shape index (κ3) is 5.27. The van der Waals surface area contributed by atoms with Crippen LogP contribution in [-0.4, -0.2) is 27.0 Å². The van der Waals surface area contributed by atoms with Gasteiger partial charge in [-0.1, -0.05) is 48.5 Å². The SMILES string of the molecule is O=C(CSc1nc2ccccc2c(=O)n1C1CCCC1)Nc1ccc(SC(F)F)cc1. The number of alkyl halides is 2. The van der Waals surface area contributed by atoms with E-state index in [1.165, 1.54) is 11.8 Å². The van der Waals surface area contributed by atoms with E-state index >= 15 is 0 Å². The molecule has 1 aromatic heterocycles.